The number of nitrogens with one attached hydrogen (secondary N) is 2. The summed E-state index contributed by atoms with van der Waals surface area (Å²) in [7, 11) is 0. The highest BCUT2D eigenvalue weighted by molar-refractivity contribution is 5.88. The van der Waals surface area contributed by atoms with Gasteiger partial charge in [0, 0.05) is 12.5 Å². The van der Waals surface area contributed by atoms with Gasteiger partial charge in [-0.05, 0) is 22.3 Å². The van der Waals surface area contributed by atoms with Crippen molar-refractivity contribution in [3.63, 3.8) is 0 Å². The lowest BCUT2D eigenvalue weighted by molar-refractivity contribution is -0.143. The highest BCUT2D eigenvalue weighted by Crippen LogP contribution is 2.44. The molecule has 3 rings (SSSR count). The lowest BCUT2D eigenvalue weighted by Gasteiger charge is -2.19. The fraction of sp³-hybridized carbons (Fsp3) is 0.250. The first-order valence-corrected chi connectivity index (χ1v) is 10.4. The van der Waals surface area contributed by atoms with Gasteiger partial charge in [0.05, 0.1) is 6.54 Å². The number of carbonyl (C=O) groups is 4. The van der Waals surface area contributed by atoms with Gasteiger partial charge < -0.3 is 25.4 Å². The van der Waals surface area contributed by atoms with Crippen molar-refractivity contribution < 1.29 is 29.0 Å². The highest BCUT2D eigenvalue weighted by atomic mass is 16.5. The molecular weight excluding hydrogens is 426 g/mol. The van der Waals surface area contributed by atoms with Crippen LogP contribution in [0.3, 0.4) is 0 Å². The number of benzene rings is 2. The van der Waals surface area contributed by atoms with Crippen LogP contribution in [0.2, 0.25) is 0 Å². The number of carboxylic acids is 1. The lowest BCUT2D eigenvalue weighted by atomic mass is 9.98. The van der Waals surface area contributed by atoms with Crippen LogP contribution < -0.4 is 10.6 Å². The Labute approximate surface area is 191 Å². The van der Waals surface area contributed by atoms with E-state index in [4.69, 9.17) is 9.84 Å². The van der Waals surface area contributed by atoms with Crippen LogP contribution in [-0.4, -0.2) is 66.7 Å². The molecule has 33 heavy (non-hydrogen) atoms. The highest BCUT2D eigenvalue weighted by Gasteiger charge is 2.29. The van der Waals surface area contributed by atoms with Gasteiger partial charge in [0.25, 0.3) is 0 Å². The number of carbonyl (C=O) groups excluding carboxylic acids is 3. The normalized spacial score (nSPS) is 11.6. The summed E-state index contributed by atoms with van der Waals surface area (Å²) in [6, 6.07) is 15.9. The number of fused-ring (bicyclic) bond motifs is 3. The molecule has 9 nitrogen and oxygen atoms in total. The van der Waals surface area contributed by atoms with E-state index in [0.717, 1.165) is 27.2 Å². The van der Waals surface area contributed by atoms with E-state index >= 15 is 0 Å². The largest absolute Gasteiger partial charge is 0.480 e. The maximum Gasteiger partial charge on any atom is 0.407 e. The van der Waals surface area contributed by atoms with Gasteiger partial charge in [0.1, 0.15) is 19.7 Å². The van der Waals surface area contributed by atoms with Crippen molar-refractivity contribution in [1.29, 1.82) is 0 Å². The standard InChI is InChI=1S/C24H25N3O6/c1-2-11-27(14-23(30)31)22(29)13-25-21(28)12-26-24(32)33-15-20-18-9-5-3-7-16(18)17-8-4-6-10-19(17)20/h2-10,20H,1,11-15H2,(H,25,28)(H,26,32)(H,30,31). The van der Waals surface area contributed by atoms with E-state index in [1.807, 2.05) is 48.5 Å². The van der Waals surface area contributed by atoms with E-state index in [2.05, 4.69) is 17.2 Å². The number of hydrogen-bond acceptors (Lipinski definition) is 5. The Balaban J connectivity index is 1.45. The zero-order valence-electron chi connectivity index (χ0n) is 18.0. The molecule has 0 radical (unpaired) electrons. The number of rotatable bonds is 10. The van der Waals surface area contributed by atoms with E-state index in [1.165, 1.54) is 6.08 Å². The molecule has 0 unspecified atom stereocenters. The van der Waals surface area contributed by atoms with Crippen molar-refractivity contribution in [3.8, 4) is 11.1 Å². The van der Waals surface area contributed by atoms with Crippen LogP contribution in [0.15, 0.2) is 61.2 Å². The first-order valence-electron chi connectivity index (χ1n) is 10.4. The number of alkyl carbamates (subject to hydrolysis) is 1. The Morgan fingerprint density at radius 2 is 1.58 bits per heavy atom. The van der Waals surface area contributed by atoms with Crippen molar-refractivity contribution in [2.45, 2.75) is 5.92 Å². The molecule has 0 bridgehead atoms. The molecule has 0 saturated carbocycles. The summed E-state index contributed by atoms with van der Waals surface area (Å²) in [5.74, 6) is -2.45. The second-order valence-corrected chi connectivity index (χ2v) is 7.41. The van der Waals surface area contributed by atoms with Crippen LogP contribution in [0.1, 0.15) is 17.0 Å². The van der Waals surface area contributed by atoms with Crippen LogP contribution in [0.25, 0.3) is 11.1 Å². The third-order valence-electron chi connectivity index (χ3n) is 5.20. The van der Waals surface area contributed by atoms with E-state index in [0.29, 0.717) is 0 Å². The van der Waals surface area contributed by atoms with Gasteiger partial charge in [-0.1, -0.05) is 54.6 Å². The monoisotopic (exact) mass is 451 g/mol. The average molecular weight is 451 g/mol. The Morgan fingerprint density at radius 3 is 2.15 bits per heavy atom. The number of hydrogen-bond donors (Lipinski definition) is 3. The molecule has 0 fully saturated rings. The molecule has 3 N–H and O–H groups in total. The average Bonchev–Trinajstić information content (AvgIpc) is 3.13. The molecule has 1 aliphatic carbocycles. The second kappa shape index (κ2) is 10.9. The second-order valence-electron chi connectivity index (χ2n) is 7.41. The molecule has 9 heteroatoms. The summed E-state index contributed by atoms with van der Waals surface area (Å²) in [5.41, 5.74) is 4.38. The first kappa shape index (κ1) is 23.5. The van der Waals surface area contributed by atoms with E-state index in [9.17, 15) is 19.2 Å². The van der Waals surface area contributed by atoms with Crippen LogP contribution >= 0.6 is 0 Å². The topological polar surface area (TPSA) is 125 Å². The Kier molecular flexibility index (Phi) is 7.80. The van der Waals surface area contributed by atoms with Crippen LogP contribution in [0.5, 0.6) is 0 Å². The minimum Gasteiger partial charge on any atom is -0.480 e. The Morgan fingerprint density at radius 1 is 0.970 bits per heavy atom. The van der Waals surface area contributed by atoms with Gasteiger partial charge in [0.2, 0.25) is 11.8 Å². The Hall–Kier alpha value is -4.14. The zero-order valence-corrected chi connectivity index (χ0v) is 18.0. The third kappa shape index (κ3) is 5.97. The Bertz CT molecular complexity index is 1020. The maximum absolute atomic E-state index is 12.1. The summed E-state index contributed by atoms with van der Waals surface area (Å²) in [6.45, 7) is 2.34. The van der Waals surface area contributed by atoms with Gasteiger partial charge in [0.15, 0.2) is 0 Å². The molecular formula is C24H25N3O6. The third-order valence-corrected chi connectivity index (χ3v) is 5.20. The molecule has 0 saturated heterocycles. The smallest absolute Gasteiger partial charge is 0.407 e. The molecule has 172 valence electrons. The maximum atomic E-state index is 12.1. The molecule has 1 aliphatic rings. The summed E-state index contributed by atoms with van der Waals surface area (Å²) < 4.78 is 5.35. The van der Waals surface area contributed by atoms with Crippen molar-refractivity contribution in [3.05, 3.63) is 72.3 Å². The fourth-order valence-electron chi connectivity index (χ4n) is 3.72. The van der Waals surface area contributed by atoms with Gasteiger partial charge in [-0.25, -0.2) is 4.79 Å². The quantitative estimate of drug-likeness (QED) is 0.473. The van der Waals surface area contributed by atoms with Gasteiger partial charge in [-0.2, -0.15) is 0 Å². The molecule has 0 spiro atoms. The first-order chi connectivity index (χ1) is 15.9. The molecule has 2 aromatic rings. The summed E-state index contributed by atoms with van der Waals surface area (Å²) in [6.07, 6.45) is 0.638. The lowest BCUT2D eigenvalue weighted by Crippen LogP contribution is -2.45. The summed E-state index contributed by atoms with van der Waals surface area (Å²) in [5, 5.41) is 13.5. The van der Waals surface area contributed by atoms with Crippen LogP contribution in [-0.2, 0) is 19.1 Å². The molecule has 2 aromatic carbocycles. The van der Waals surface area contributed by atoms with Gasteiger partial charge in [-0.3, -0.25) is 14.4 Å². The van der Waals surface area contributed by atoms with Crippen molar-refractivity contribution in [2.75, 3.05) is 32.8 Å². The van der Waals surface area contributed by atoms with E-state index < -0.39 is 37.0 Å². The molecule has 0 aliphatic heterocycles. The summed E-state index contributed by atoms with van der Waals surface area (Å²) in [4.78, 5) is 48.0. The number of nitrogens with zero attached hydrogens (tertiary/aromatic N) is 1. The van der Waals surface area contributed by atoms with Gasteiger partial charge in [-0.15, -0.1) is 6.58 Å². The van der Waals surface area contributed by atoms with Crippen molar-refractivity contribution in [1.82, 2.24) is 15.5 Å². The fourth-order valence-corrected chi connectivity index (χ4v) is 3.72. The minimum atomic E-state index is -1.17. The number of aliphatic carboxylic acids is 1. The van der Waals surface area contributed by atoms with Crippen molar-refractivity contribution in [2.24, 2.45) is 0 Å². The number of ether oxygens (including phenoxy) is 1. The molecule has 0 heterocycles. The van der Waals surface area contributed by atoms with Gasteiger partial charge >= 0.3 is 12.1 Å². The zero-order chi connectivity index (χ0) is 23.8. The van der Waals surface area contributed by atoms with Crippen LogP contribution in [0.4, 0.5) is 4.79 Å². The van der Waals surface area contributed by atoms with Crippen LogP contribution in [0, 0.1) is 0 Å². The molecule has 0 atom stereocenters. The SMILES string of the molecule is C=CCN(CC(=O)O)C(=O)CNC(=O)CNC(=O)OCC1c2ccccc2-c2ccccc21. The predicted octanol–water partition coefficient (Wildman–Crippen LogP) is 1.74. The number of amides is 3. The molecule has 3 amide bonds. The predicted molar refractivity (Wildman–Crippen MR) is 120 cm³/mol. The number of carboxylic acid groups (broad SMARTS) is 1. The van der Waals surface area contributed by atoms with E-state index in [-0.39, 0.29) is 25.6 Å². The van der Waals surface area contributed by atoms with E-state index in [1.54, 1.807) is 0 Å². The summed E-state index contributed by atoms with van der Waals surface area (Å²) >= 11 is 0. The molecule has 0 aromatic heterocycles. The van der Waals surface area contributed by atoms with Crippen molar-refractivity contribution >= 4 is 23.9 Å². The minimum absolute atomic E-state index is 0.0407.